The number of rotatable bonds is 1. The molecular formula is C21H18. The van der Waals surface area contributed by atoms with Gasteiger partial charge in [-0.15, -0.1) is 0 Å². The summed E-state index contributed by atoms with van der Waals surface area (Å²) in [4.78, 5) is 0. The number of aryl methyl sites for hydroxylation is 2. The summed E-state index contributed by atoms with van der Waals surface area (Å²) in [6.45, 7) is 4.42. The zero-order valence-electron chi connectivity index (χ0n) is 12.5. The van der Waals surface area contributed by atoms with E-state index < -0.39 is 0 Å². The quantitative estimate of drug-likeness (QED) is 0.426. The second kappa shape index (κ2) is 4.60. The van der Waals surface area contributed by atoms with Gasteiger partial charge in [0.1, 0.15) is 0 Å². The highest BCUT2D eigenvalue weighted by molar-refractivity contribution is 5.83. The lowest BCUT2D eigenvalue weighted by atomic mass is 9.92. The number of benzene rings is 3. The van der Waals surface area contributed by atoms with Crippen molar-refractivity contribution in [1.82, 2.24) is 0 Å². The molecule has 0 saturated heterocycles. The molecule has 3 aromatic carbocycles. The fourth-order valence-electron chi connectivity index (χ4n) is 3.47. The molecule has 4 rings (SSSR count). The lowest BCUT2D eigenvalue weighted by Gasteiger charge is -2.12. The van der Waals surface area contributed by atoms with E-state index in [-0.39, 0.29) is 0 Å². The predicted octanol–water partition coefficient (Wildman–Crippen LogP) is 5.54. The van der Waals surface area contributed by atoms with Gasteiger partial charge < -0.3 is 0 Å². The van der Waals surface area contributed by atoms with Crippen LogP contribution in [-0.2, 0) is 6.42 Å². The van der Waals surface area contributed by atoms with Gasteiger partial charge >= 0.3 is 0 Å². The van der Waals surface area contributed by atoms with Gasteiger partial charge in [-0.25, -0.2) is 0 Å². The van der Waals surface area contributed by atoms with Crippen molar-refractivity contribution < 1.29 is 0 Å². The molecule has 0 saturated carbocycles. The second-order valence-electron chi connectivity index (χ2n) is 5.97. The summed E-state index contributed by atoms with van der Waals surface area (Å²) in [6.07, 6.45) is 1.07. The molecule has 1 aliphatic rings. The van der Waals surface area contributed by atoms with Gasteiger partial charge in [0.15, 0.2) is 0 Å². The van der Waals surface area contributed by atoms with E-state index in [1.165, 1.54) is 44.5 Å². The molecule has 0 heterocycles. The van der Waals surface area contributed by atoms with Crippen LogP contribution in [-0.4, -0.2) is 0 Å². The smallest absolute Gasteiger partial charge is 0.00133 e. The first-order valence-corrected chi connectivity index (χ1v) is 7.52. The first kappa shape index (κ1) is 12.4. The summed E-state index contributed by atoms with van der Waals surface area (Å²) >= 11 is 0. The van der Waals surface area contributed by atoms with Crippen molar-refractivity contribution in [2.45, 2.75) is 20.3 Å². The van der Waals surface area contributed by atoms with Gasteiger partial charge in [0.2, 0.25) is 0 Å². The maximum absolute atomic E-state index is 2.39. The lowest BCUT2D eigenvalue weighted by Crippen LogP contribution is -1.90. The van der Waals surface area contributed by atoms with Crippen LogP contribution in [0.5, 0.6) is 0 Å². The van der Waals surface area contributed by atoms with Crippen molar-refractivity contribution in [3.05, 3.63) is 82.9 Å². The van der Waals surface area contributed by atoms with Gasteiger partial charge in [0.25, 0.3) is 0 Å². The minimum atomic E-state index is 1.07. The third-order valence-electron chi connectivity index (χ3n) is 4.57. The summed E-state index contributed by atoms with van der Waals surface area (Å²) < 4.78 is 0. The molecule has 3 aromatic rings. The highest BCUT2D eigenvalue weighted by atomic mass is 14.2. The Labute approximate surface area is 126 Å². The molecule has 0 N–H and O–H groups in total. The Morgan fingerprint density at radius 2 is 1.29 bits per heavy atom. The van der Waals surface area contributed by atoms with E-state index in [1.54, 1.807) is 0 Å². The van der Waals surface area contributed by atoms with Crippen molar-refractivity contribution in [2.24, 2.45) is 0 Å². The highest BCUT2D eigenvalue weighted by Crippen LogP contribution is 2.40. The fourth-order valence-corrected chi connectivity index (χ4v) is 3.47. The molecule has 0 unspecified atom stereocenters. The molecule has 0 atom stereocenters. The summed E-state index contributed by atoms with van der Waals surface area (Å²) in [7, 11) is 0. The van der Waals surface area contributed by atoms with Crippen molar-refractivity contribution in [2.75, 3.05) is 0 Å². The minimum absolute atomic E-state index is 1.07. The van der Waals surface area contributed by atoms with Crippen LogP contribution in [0.2, 0.25) is 0 Å². The molecule has 0 bridgehead atoms. The van der Waals surface area contributed by atoms with E-state index >= 15 is 0 Å². The number of hydrogen-bond donors (Lipinski definition) is 0. The SMILES string of the molecule is Cc1ccccc1-c1cc2c(cc1C)Cc1ccccc1-2. The van der Waals surface area contributed by atoms with Gasteiger partial charge in [-0.05, 0) is 70.8 Å². The molecule has 0 spiro atoms. The third kappa shape index (κ3) is 1.91. The maximum Gasteiger partial charge on any atom is -0.00133 e. The van der Waals surface area contributed by atoms with Gasteiger partial charge in [0, 0.05) is 0 Å². The van der Waals surface area contributed by atoms with Gasteiger partial charge in [-0.2, -0.15) is 0 Å². The highest BCUT2D eigenvalue weighted by Gasteiger charge is 2.19. The molecule has 0 fully saturated rings. The summed E-state index contributed by atoms with van der Waals surface area (Å²) in [5, 5.41) is 0. The van der Waals surface area contributed by atoms with E-state index in [4.69, 9.17) is 0 Å². The van der Waals surface area contributed by atoms with E-state index in [1.807, 2.05) is 0 Å². The third-order valence-corrected chi connectivity index (χ3v) is 4.57. The van der Waals surface area contributed by atoms with Crippen LogP contribution in [0.3, 0.4) is 0 Å². The first-order chi connectivity index (χ1) is 10.2. The predicted molar refractivity (Wildman–Crippen MR) is 89.6 cm³/mol. The zero-order chi connectivity index (χ0) is 14.4. The van der Waals surface area contributed by atoms with Crippen LogP contribution < -0.4 is 0 Å². The summed E-state index contributed by atoms with van der Waals surface area (Å²) in [6, 6.07) is 22.2. The van der Waals surface area contributed by atoms with E-state index in [0.29, 0.717) is 0 Å². The molecule has 0 heteroatoms. The van der Waals surface area contributed by atoms with Gasteiger partial charge in [-0.3, -0.25) is 0 Å². The topological polar surface area (TPSA) is 0 Å². The standard InChI is InChI=1S/C21H18/c1-14-7-3-5-9-18(14)20-13-21-17(11-15(20)2)12-16-8-4-6-10-19(16)21/h3-11,13H,12H2,1-2H3. The summed E-state index contributed by atoms with van der Waals surface area (Å²) in [5.74, 6) is 0. The normalized spacial score (nSPS) is 12.1. The zero-order valence-corrected chi connectivity index (χ0v) is 12.5. The molecule has 0 amide bonds. The van der Waals surface area contributed by atoms with Gasteiger partial charge in [-0.1, -0.05) is 54.6 Å². The Morgan fingerprint density at radius 3 is 2.10 bits per heavy atom. The molecule has 0 aliphatic heterocycles. The maximum atomic E-state index is 2.39. The molecule has 102 valence electrons. The molecule has 0 aromatic heterocycles. The molecule has 21 heavy (non-hydrogen) atoms. The van der Waals surface area contributed by atoms with Crippen LogP contribution in [0.25, 0.3) is 22.3 Å². The van der Waals surface area contributed by atoms with Crippen molar-refractivity contribution in [1.29, 1.82) is 0 Å². The lowest BCUT2D eigenvalue weighted by molar-refractivity contribution is 1.25. The van der Waals surface area contributed by atoms with Crippen molar-refractivity contribution in [3.63, 3.8) is 0 Å². The Morgan fingerprint density at radius 1 is 0.571 bits per heavy atom. The fraction of sp³-hybridized carbons (Fsp3) is 0.143. The summed E-state index contributed by atoms with van der Waals surface area (Å²) in [5.41, 5.74) is 11.2. The Hall–Kier alpha value is -2.34. The Bertz CT molecular complexity index is 840. The van der Waals surface area contributed by atoms with E-state index in [2.05, 4.69) is 74.5 Å². The molecule has 0 radical (unpaired) electrons. The minimum Gasteiger partial charge on any atom is -0.0620 e. The molecule has 1 aliphatic carbocycles. The van der Waals surface area contributed by atoms with Crippen LogP contribution >= 0.6 is 0 Å². The van der Waals surface area contributed by atoms with Crippen LogP contribution in [0.4, 0.5) is 0 Å². The second-order valence-corrected chi connectivity index (χ2v) is 5.97. The largest absolute Gasteiger partial charge is 0.0620 e. The van der Waals surface area contributed by atoms with Crippen molar-refractivity contribution in [3.8, 4) is 22.3 Å². The average molecular weight is 270 g/mol. The van der Waals surface area contributed by atoms with Crippen LogP contribution in [0.15, 0.2) is 60.7 Å². The monoisotopic (exact) mass is 270 g/mol. The Balaban J connectivity index is 1.96. The first-order valence-electron chi connectivity index (χ1n) is 7.52. The molecule has 0 nitrogen and oxygen atoms in total. The number of fused-ring (bicyclic) bond motifs is 3. The number of hydrogen-bond acceptors (Lipinski definition) is 0. The Kier molecular flexibility index (Phi) is 2.71. The van der Waals surface area contributed by atoms with Crippen LogP contribution in [0, 0.1) is 13.8 Å². The van der Waals surface area contributed by atoms with Gasteiger partial charge in [0.05, 0.1) is 0 Å². The molecular weight excluding hydrogens is 252 g/mol. The van der Waals surface area contributed by atoms with Crippen molar-refractivity contribution >= 4 is 0 Å². The van der Waals surface area contributed by atoms with E-state index in [9.17, 15) is 0 Å². The average Bonchev–Trinajstić information content (AvgIpc) is 2.84. The van der Waals surface area contributed by atoms with E-state index in [0.717, 1.165) is 6.42 Å². The van der Waals surface area contributed by atoms with Crippen LogP contribution in [0.1, 0.15) is 22.3 Å².